The molecule has 0 bridgehead atoms. The zero-order valence-corrected chi connectivity index (χ0v) is 18.5. The first-order valence-electron chi connectivity index (χ1n) is 10.9. The number of rotatable bonds is 5. The van der Waals surface area contributed by atoms with E-state index in [9.17, 15) is 4.39 Å². The maximum atomic E-state index is 13.6. The highest BCUT2D eigenvalue weighted by Gasteiger charge is 2.16. The number of aromatic nitrogens is 3. The summed E-state index contributed by atoms with van der Waals surface area (Å²) >= 11 is 0. The topological polar surface area (TPSA) is 57.2 Å². The summed E-state index contributed by atoms with van der Waals surface area (Å²) in [4.78, 5) is 17.7. The Hall–Kier alpha value is -3.84. The van der Waals surface area contributed by atoms with E-state index in [1.54, 1.807) is 6.20 Å². The van der Waals surface area contributed by atoms with Gasteiger partial charge in [-0.3, -0.25) is 4.98 Å². The molecule has 0 atom stereocenters. The quantitative estimate of drug-likeness (QED) is 0.487. The van der Waals surface area contributed by atoms with Gasteiger partial charge in [-0.05, 0) is 48.3 Å². The molecular formula is C26H25FN6. The highest BCUT2D eigenvalue weighted by Crippen LogP contribution is 2.27. The smallest absolute Gasteiger partial charge is 0.142 e. The molecule has 0 aliphatic carbocycles. The van der Waals surface area contributed by atoms with E-state index >= 15 is 0 Å². The molecule has 3 aromatic heterocycles. The number of nitrogens with zero attached hydrogens (tertiary/aromatic N) is 5. The Bertz CT molecular complexity index is 1310. The third kappa shape index (κ3) is 4.68. The Morgan fingerprint density at radius 2 is 1.76 bits per heavy atom. The van der Waals surface area contributed by atoms with E-state index in [1.807, 2.05) is 42.7 Å². The van der Waals surface area contributed by atoms with E-state index < -0.39 is 0 Å². The van der Waals surface area contributed by atoms with E-state index in [1.165, 1.54) is 12.3 Å². The van der Waals surface area contributed by atoms with Crippen molar-refractivity contribution in [3.63, 3.8) is 0 Å². The van der Waals surface area contributed by atoms with Gasteiger partial charge < -0.3 is 15.1 Å². The van der Waals surface area contributed by atoms with Gasteiger partial charge in [-0.25, -0.2) is 14.4 Å². The van der Waals surface area contributed by atoms with E-state index in [2.05, 4.69) is 49.8 Å². The average Bonchev–Trinajstić information content (AvgIpc) is 2.84. The molecular weight excluding hydrogens is 415 g/mol. The third-order valence-electron chi connectivity index (χ3n) is 5.96. The fraction of sp³-hybridized carbons (Fsp3) is 0.192. The van der Waals surface area contributed by atoms with Gasteiger partial charge in [0, 0.05) is 67.0 Å². The van der Waals surface area contributed by atoms with Crippen LogP contribution in [-0.4, -0.2) is 53.1 Å². The Morgan fingerprint density at radius 3 is 2.58 bits per heavy atom. The van der Waals surface area contributed by atoms with Gasteiger partial charge in [0.05, 0.1) is 6.20 Å². The fourth-order valence-corrected chi connectivity index (χ4v) is 4.00. The second kappa shape index (κ2) is 8.96. The van der Waals surface area contributed by atoms with Gasteiger partial charge in [-0.15, -0.1) is 0 Å². The van der Waals surface area contributed by atoms with Crippen LogP contribution in [-0.2, 0) is 0 Å². The highest BCUT2D eigenvalue weighted by atomic mass is 19.1. The standard InChI is InChI=1S/C26H25FN6/c1-18(19-5-6-29-26(14-19)33-9-7-32(2)8-10-33)31-25-13-22-11-20(3-4-21(22)16-30-25)23-12-24(27)17-28-15-23/h3-6,11-17H,1,7-10H2,2H3,(H,30,31). The molecule has 4 aromatic rings. The number of halogens is 1. The maximum Gasteiger partial charge on any atom is 0.142 e. The van der Waals surface area contributed by atoms with Crippen molar-refractivity contribution in [3.8, 4) is 11.1 Å². The summed E-state index contributed by atoms with van der Waals surface area (Å²) in [6.45, 7) is 8.19. The molecule has 1 aliphatic rings. The summed E-state index contributed by atoms with van der Waals surface area (Å²) in [6.07, 6.45) is 6.51. The molecule has 6 nitrogen and oxygen atoms in total. The van der Waals surface area contributed by atoms with Crippen LogP contribution in [0.4, 0.5) is 16.0 Å². The maximum absolute atomic E-state index is 13.6. The first kappa shape index (κ1) is 21.0. The minimum absolute atomic E-state index is 0.353. The van der Waals surface area contributed by atoms with Crippen molar-refractivity contribution in [2.45, 2.75) is 0 Å². The van der Waals surface area contributed by atoms with Crippen LogP contribution >= 0.6 is 0 Å². The van der Waals surface area contributed by atoms with Gasteiger partial charge in [-0.2, -0.15) is 0 Å². The lowest BCUT2D eigenvalue weighted by Gasteiger charge is -2.33. The van der Waals surface area contributed by atoms with Crippen LogP contribution in [0.15, 0.2) is 73.8 Å². The minimum Gasteiger partial charge on any atom is -0.354 e. The van der Waals surface area contributed by atoms with Crippen molar-refractivity contribution < 1.29 is 4.39 Å². The predicted molar refractivity (Wildman–Crippen MR) is 132 cm³/mol. The number of fused-ring (bicyclic) bond motifs is 1. The van der Waals surface area contributed by atoms with Gasteiger partial charge in [0.1, 0.15) is 17.5 Å². The molecule has 1 N–H and O–H groups in total. The van der Waals surface area contributed by atoms with Crippen LogP contribution in [0.3, 0.4) is 0 Å². The highest BCUT2D eigenvalue weighted by molar-refractivity contribution is 5.89. The van der Waals surface area contributed by atoms with Crippen molar-refractivity contribution >= 4 is 28.1 Å². The molecule has 4 heterocycles. The molecule has 0 radical (unpaired) electrons. The van der Waals surface area contributed by atoms with Crippen LogP contribution in [0.2, 0.25) is 0 Å². The molecule has 0 unspecified atom stereocenters. The number of likely N-dealkylation sites (N-methyl/N-ethyl adjacent to an activating group) is 1. The van der Waals surface area contributed by atoms with Crippen LogP contribution in [0.25, 0.3) is 27.6 Å². The molecule has 7 heteroatoms. The molecule has 1 saturated heterocycles. The number of anilines is 2. The van der Waals surface area contributed by atoms with Crippen LogP contribution < -0.4 is 10.2 Å². The molecule has 1 aromatic carbocycles. The van der Waals surface area contributed by atoms with E-state index in [-0.39, 0.29) is 5.82 Å². The summed E-state index contributed by atoms with van der Waals surface area (Å²) in [5, 5.41) is 5.32. The second-order valence-electron chi connectivity index (χ2n) is 8.32. The van der Waals surface area contributed by atoms with Gasteiger partial charge in [0.15, 0.2) is 0 Å². The molecule has 1 aliphatic heterocycles. The summed E-state index contributed by atoms with van der Waals surface area (Å²) in [7, 11) is 2.14. The van der Waals surface area contributed by atoms with Crippen molar-refractivity contribution in [1.82, 2.24) is 19.9 Å². The number of nitrogens with one attached hydrogen (secondary N) is 1. The second-order valence-corrected chi connectivity index (χ2v) is 8.32. The van der Waals surface area contributed by atoms with Gasteiger partial charge in [-0.1, -0.05) is 18.7 Å². The summed E-state index contributed by atoms with van der Waals surface area (Å²) in [5.74, 6) is 1.30. The number of pyridine rings is 3. The zero-order chi connectivity index (χ0) is 22.8. The van der Waals surface area contributed by atoms with Gasteiger partial charge in [0.2, 0.25) is 0 Å². The SMILES string of the molecule is C=C(Nc1cc2cc(-c3cncc(F)c3)ccc2cn1)c1ccnc(N2CCN(C)CC2)c1. The number of hydrogen-bond donors (Lipinski definition) is 1. The van der Waals surface area contributed by atoms with Crippen LogP contribution in [0.1, 0.15) is 5.56 Å². The molecule has 5 rings (SSSR count). The van der Waals surface area contributed by atoms with Crippen molar-refractivity contribution in [2.24, 2.45) is 0 Å². The molecule has 166 valence electrons. The molecule has 0 spiro atoms. The van der Waals surface area contributed by atoms with Crippen LogP contribution in [0.5, 0.6) is 0 Å². The molecule has 1 fully saturated rings. The Balaban J connectivity index is 1.36. The number of piperazine rings is 1. The largest absolute Gasteiger partial charge is 0.354 e. The number of benzene rings is 1. The Morgan fingerprint density at radius 1 is 0.909 bits per heavy atom. The van der Waals surface area contributed by atoms with E-state index in [0.29, 0.717) is 5.82 Å². The first-order chi connectivity index (χ1) is 16.0. The van der Waals surface area contributed by atoms with Crippen molar-refractivity contribution in [2.75, 3.05) is 43.4 Å². The van der Waals surface area contributed by atoms with Crippen LogP contribution in [0, 0.1) is 5.82 Å². The molecule has 33 heavy (non-hydrogen) atoms. The Kier molecular flexibility index (Phi) is 5.71. The normalized spacial score (nSPS) is 14.4. The van der Waals surface area contributed by atoms with Crippen molar-refractivity contribution in [1.29, 1.82) is 0 Å². The number of hydrogen-bond acceptors (Lipinski definition) is 6. The van der Waals surface area contributed by atoms with Gasteiger partial charge >= 0.3 is 0 Å². The Labute approximate surface area is 192 Å². The lowest BCUT2D eigenvalue weighted by atomic mass is 10.0. The minimum atomic E-state index is -0.353. The van der Waals surface area contributed by atoms with Crippen molar-refractivity contribution in [3.05, 3.63) is 85.2 Å². The van der Waals surface area contributed by atoms with E-state index in [0.717, 1.165) is 65.2 Å². The molecule has 0 amide bonds. The predicted octanol–water partition coefficient (Wildman–Crippen LogP) is 4.67. The van der Waals surface area contributed by atoms with Gasteiger partial charge in [0.25, 0.3) is 0 Å². The zero-order valence-electron chi connectivity index (χ0n) is 18.5. The summed E-state index contributed by atoms with van der Waals surface area (Å²) in [6, 6.07) is 13.4. The summed E-state index contributed by atoms with van der Waals surface area (Å²) in [5.41, 5.74) is 3.36. The summed E-state index contributed by atoms with van der Waals surface area (Å²) < 4.78 is 13.6. The lowest BCUT2D eigenvalue weighted by molar-refractivity contribution is 0.312. The third-order valence-corrected chi connectivity index (χ3v) is 5.96. The monoisotopic (exact) mass is 440 g/mol. The van der Waals surface area contributed by atoms with E-state index in [4.69, 9.17) is 0 Å². The molecule has 0 saturated carbocycles. The first-order valence-corrected chi connectivity index (χ1v) is 10.9. The lowest BCUT2D eigenvalue weighted by Crippen LogP contribution is -2.44. The average molecular weight is 441 g/mol. The fourth-order valence-electron chi connectivity index (χ4n) is 4.00.